The number of hydrogen-bond donors (Lipinski definition) is 1. The number of rotatable bonds is 9. The first-order valence-electron chi connectivity index (χ1n) is 11.2. The molecule has 0 fully saturated rings. The molecule has 0 saturated heterocycles. The molecule has 8 heteroatoms. The minimum atomic E-state index is -0.187. The number of aromatic nitrogens is 1. The van der Waals surface area contributed by atoms with Gasteiger partial charge in [0.1, 0.15) is 16.8 Å². The van der Waals surface area contributed by atoms with Crippen LogP contribution in [0.2, 0.25) is 0 Å². The molecule has 3 aromatic rings. The lowest BCUT2D eigenvalue weighted by molar-refractivity contribution is -0.140. The second-order valence-electron chi connectivity index (χ2n) is 8.28. The number of nitrogens with zero attached hydrogens (tertiary/aromatic N) is 2. The van der Waals surface area contributed by atoms with E-state index in [0.29, 0.717) is 23.5 Å². The fourth-order valence-corrected chi connectivity index (χ4v) is 5.84. The van der Waals surface area contributed by atoms with Crippen molar-refractivity contribution in [2.75, 3.05) is 12.9 Å². The fraction of sp³-hybridized carbons (Fsp3) is 0.346. The third-order valence-electron chi connectivity index (χ3n) is 5.61. The average molecular weight is 494 g/mol. The maximum atomic E-state index is 11.3. The van der Waals surface area contributed by atoms with Crippen molar-refractivity contribution in [3.63, 3.8) is 0 Å². The van der Waals surface area contributed by atoms with Crippen LogP contribution >= 0.6 is 23.3 Å². The van der Waals surface area contributed by atoms with Crippen LogP contribution < -0.4 is 9.46 Å². The normalized spacial score (nSPS) is 14.6. The standard InChI is InChI=1S/C26H27N3O3S2/c1-16(2)32-23-10-7-17(13-18(23)14-27)26-28-15-24(34-26)21-6-4-5-20-19(21)8-9-22(20)29-33-12-11-25(30)31-3/h4-7,10,13,15-16,22,29H,8-9,11-12H2,1-3H3. The fourth-order valence-electron chi connectivity index (χ4n) is 4.04. The predicted molar refractivity (Wildman–Crippen MR) is 137 cm³/mol. The van der Waals surface area contributed by atoms with Crippen LogP contribution in [0.1, 0.15) is 49.4 Å². The number of carbonyl (C=O) groups is 1. The molecule has 4 rings (SSSR count). The number of ether oxygens (including phenoxy) is 2. The first kappa shape index (κ1) is 24.3. The van der Waals surface area contributed by atoms with E-state index in [0.717, 1.165) is 28.3 Å². The molecular weight excluding hydrogens is 466 g/mol. The van der Waals surface area contributed by atoms with Gasteiger partial charge in [0.2, 0.25) is 0 Å². The molecule has 0 radical (unpaired) electrons. The minimum absolute atomic E-state index is 0.00848. The number of fused-ring (bicyclic) bond motifs is 1. The van der Waals surface area contributed by atoms with Gasteiger partial charge in [-0.05, 0) is 61.6 Å². The Labute approximate surface area is 208 Å². The number of benzene rings is 2. The Balaban J connectivity index is 1.51. The van der Waals surface area contributed by atoms with Crippen molar-refractivity contribution in [3.8, 4) is 32.8 Å². The molecule has 1 atom stereocenters. The lowest BCUT2D eigenvalue weighted by atomic mass is 10.0. The van der Waals surface area contributed by atoms with E-state index in [1.807, 2.05) is 38.2 Å². The zero-order chi connectivity index (χ0) is 24.1. The molecule has 0 aliphatic heterocycles. The van der Waals surface area contributed by atoms with Gasteiger partial charge < -0.3 is 9.47 Å². The Morgan fingerprint density at radius 2 is 2.21 bits per heavy atom. The third kappa shape index (κ3) is 5.44. The van der Waals surface area contributed by atoms with Gasteiger partial charge >= 0.3 is 5.97 Å². The van der Waals surface area contributed by atoms with Crippen molar-refractivity contribution in [2.45, 2.75) is 45.3 Å². The van der Waals surface area contributed by atoms with Gasteiger partial charge in [0.15, 0.2) is 0 Å². The number of carbonyl (C=O) groups excluding carboxylic acids is 1. The smallest absolute Gasteiger partial charge is 0.306 e. The van der Waals surface area contributed by atoms with Crippen LogP contribution in [0, 0.1) is 11.3 Å². The zero-order valence-corrected chi connectivity index (χ0v) is 21.1. The second kappa shape index (κ2) is 11.0. The number of nitriles is 1. The molecule has 1 heterocycles. The minimum Gasteiger partial charge on any atom is -0.490 e. The number of methoxy groups -OCH3 is 1. The molecule has 6 nitrogen and oxygen atoms in total. The summed E-state index contributed by atoms with van der Waals surface area (Å²) in [4.78, 5) is 17.1. The van der Waals surface area contributed by atoms with Gasteiger partial charge in [-0.3, -0.25) is 9.52 Å². The summed E-state index contributed by atoms with van der Waals surface area (Å²) in [5, 5.41) is 10.4. The average Bonchev–Trinajstić information content (AvgIpc) is 3.49. The second-order valence-corrected chi connectivity index (χ2v) is 10.2. The van der Waals surface area contributed by atoms with Gasteiger partial charge in [-0.2, -0.15) is 5.26 Å². The van der Waals surface area contributed by atoms with Gasteiger partial charge in [0, 0.05) is 23.6 Å². The quantitative estimate of drug-likeness (QED) is 0.225. The van der Waals surface area contributed by atoms with E-state index < -0.39 is 0 Å². The summed E-state index contributed by atoms with van der Waals surface area (Å²) in [5.41, 5.74) is 5.30. The SMILES string of the molecule is COC(=O)CCSNC1CCc2c(-c3cnc(-c4ccc(OC(C)C)c(C#N)c4)s3)cccc21. The molecule has 0 saturated carbocycles. The highest BCUT2D eigenvalue weighted by Gasteiger charge is 2.25. The summed E-state index contributed by atoms with van der Waals surface area (Å²) in [6.45, 7) is 3.89. The maximum Gasteiger partial charge on any atom is 0.306 e. The largest absolute Gasteiger partial charge is 0.490 e. The molecule has 1 aliphatic rings. The highest BCUT2D eigenvalue weighted by atomic mass is 32.2. The lowest BCUT2D eigenvalue weighted by Crippen LogP contribution is -2.13. The first-order valence-corrected chi connectivity index (χ1v) is 13.0. The van der Waals surface area contributed by atoms with E-state index >= 15 is 0 Å². The summed E-state index contributed by atoms with van der Waals surface area (Å²) < 4.78 is 14.0. The van der Waals surface area contributed by atoms with Crippen LogP contribution in [0.15, 0.2) is 42.6 Å². The Bertz CT molecular complexity index is 1220. The Morgan fingerprint density at radius 3 is 2.97 bits per heavy atom. The van der Waals surface area contributed by atoms with Gasteiger partial charge in [-0.1, -0.05) is 30.1 Å². The number of thiazole rings is 1. The van der Waals surface area contributed by atoms with Crippen LogP contribution in [0.4, 0.5) is 0 Å². The number of nitrogens with one attached hydrogen (secondary N) is 1. The molecule has 34 heavy (non-hydrogen) atoms. The van der Waals surface area contributed by atoms with Crippen molar-refractivity contribution in [1.82, 2.24) is 9.71 Å². The molecule has 0 amide bonds. The van der Waals surface area contributed by atoms with E-state index in [9.17, 15) is 10.1 Å². The zero-order valence-electron chi connectivity index (χ0n) is 19.5. The Hall–Kier alpha value is -2.86. The molecule has 1 aliphatic carbocycles. The summed E-state index contributed by atoms with van der Waals surface area (Å²) in [6.07, 6.45) is 4.34. The molecule has 1 N–H and O–H groups in total. The molecule has 1 unspecified atom stereocenters. The van der Waals surface area contributed by atoms with Crippen molar-refractivity contribution in [2.24, 2.45) is 0 Å². The van der Waals surface area contributed by atoms with E-state index in [4.69, 9.17) is 9.47 Å². The summed E-state index contributed by atoms with van der Waals surface area (Å²) in [5.74, 6) is 1.09. The van der Waals surface area contributed by atoms with E-state index in [-0.39, 0.29) is 18.1 Å². The van der Waals surface area contributed by atoms with Gasteiger partial charge in [-0.15, -0.1) is 11.3 Å². The summed E-state index contributed by atoms with van der Waals surface area (Å²) in [7, 11) is 1.42. The van der Waals surface area contributed by atoms with E-state index in [1.54, 1.807) is 23.3 Å². The number of hydrogen-bond acceptors (Lipinski definition) is 8. The molecule has 0 bridgehead atoms. The maximum absolute atomic E-state index is 11.3. The van der Waals surface area contributed by atoms with Crippen LogP contribution in [0.5, 0.6) is 5.75 Å². The van der Waals surface area contributed by atoms with Crippen LogP contribution in [-0.2, 0) is 16.0 Å². The molecule has 0 spiro atoms. The highest BCUT2D eigenvalue weighted by Crippen LogP contribution is 2.41. The van der Waals surface area contributed by atoms with E-state index in [1.165, 1.54) is 23.8 Å². The number of esters is 1. The Kier molecular flexibility index (Phi) is 7.88. The van der Waals surface area contributed by atoms with E-state index in [2.05, 4.69) is 34.0 Å². The first-order chi connectivity index (χ1) is 16.5. The van der Waals surface area contributed by atoms with Crippen molar-refractivity contribution in [1.29, 1.82) is 5.26 Å². The third-order valence-corrected chi connectivity index (χ3v) is 7.55. The monoisotopic (exact) mass is 493 g/mol. The van der Waals surface area contributed by atoms with Gasteiger partial charge in [0.05, 0.1) is 30.1 Å². The molecule has 2 aromatic carbocycles. The van der Waals surface area contributed by atoms with Gasteiger partial charge in [0.25, 0.3) is 0 Å². The topological polar surface area (TPSA) is 84.2 Å². The molecule has 176 valence electrons. The van der Waals surface area contributed by atoms with Crippen LogP contribution in [-0.4, -0.2) is 29.9 Å². The molecular formula is C26H27N3O3S2. The van der Waals surface area contributed by atoms with Crippen molar-refractivity contribution >= 4 is 29.3 Å². The van der Waals surface area contributed by atoms with Crippen molar-refractivity contribution < 1.29 is 14.3 Å². The van der Waals surface area contributed by atoms with Crippen molar-refractivity contribution in [3.05, 3.63) is 59.3 Å². The lowest BCUT2D eigenvalue weighted by Gasteiger charge is -2.14. The van der Waals surface area contributed by atoms with Crippen LogP contribution in [0.25, 0.3) is 21.0 Å². The highest BCUT2D eigenvalue weighted by molar-refractivity contribution is 7.97. The Morgan fingerprint density at radius 1 is 1.35 bits per heavy atom. The predicted octanol–water partition coefficient (Wildman–Crippen LogP) is 5.92. The summed E-state index contributed by atoms with van der Waals surface area (Å²) in [6, 6.07) is 14.6. The van der Waals surface area contributed by atoms with Gasteiger partial charge in [-0.25, -0.2) is 4.98 Å². The summed E-state index contributed by atoms with van der Waals surface area (Å²) >= 11 is 3.21. The van der Waals surface area contributed by atoms with Crippen LogP contribution in [0.3, 0.4) is 0 Å². The molecule has 1 aromatic heterocycles.